The minimum atomic E-state index is -3.40. The van der Waals surface area contributed by atoms with Gasteiger partial charge in [0, 0.05) is 45.8 Å². The first kappa shape index (κ1) is 16.9. The second-order valence-corrected chi connectivity index (χ2v) is 7.94. The largest absolute Gasteiger partial charge is 0.336 e. The van der Waals surface area contributed by atoms with Crippen molar-refractivity contribution in [2.75, 3.05) is 40.3 Å². The van der Waals surface area contributed by atoms with Gasteiger partial charge in [-0.3, -0.25) is 4.79 Å². The summed E-state index contributed by atoms with van der Waals surface area (Å²) in [6, 6.07) is 5.81. The molecule has 22 heavy (non-hydrogen) atoms. The lowest BCUT2D eigenvalue weighted by atomic mass is 10.0. The molecule has 0 atom stereocenters. The monoisotopic (exact) mass is 325 g/mol. The second kappa shape index (κ2) is 6.36. The molecule has 0 spiro atoms. The van der Waals surface area contributed by atoms with Crippen molar-refractivity contribution in [1.29, 1.82) is 0 Å². The molecular weight excluding hydrogens is 302 g/mol. The van der Waals surface area contributed by atoms with E-state index < -0.39 is 10.2 Å². The zero-order valence-electron chi connectivity index (χ0n) is 13.5. The lowest BCUT2D eigenvalue weighted by molar-refractivity contribution is 0.0694. The van der Waals surface area contributed by atoms with E-state index in [9.17, 15) is 13.2 Å². The van der Waals surface area contributed by atoms with E-state index in [4.69, 9.17) is 0 Å². The molecule has 122 valence electrons. The van der Waals surface area contributed by atoms with Gasteiger partial charge in [0.05, 0.1) is 0 Å². The number of nitrogens with zero attached hydrogens (tertiary/aromatic N) is 3. The smallest absolute Gasteiger partial charge is 0.281 e. The van der Waals surface area contributed by atoms with Gasteiger partial charge in [-0.15, -0.1) is 0 Å². The van der Waals surface area contributed by atoms with Crippen LogP contribution in [0.2, 0.25) is 0 Å². The predicted octanol–water partition coefficient (Wildman–Crippen LogP) is 0.868. The van der Waals surface area contributed by atoms with Gasteiger partial charge in [0.15, 0.2) is 0 Å². The first-order valence-electron chi connectivity index (χ1n) is 7.27. The van der Waals surface area contributed by atoms with Gasteiger partial charge in [0.1, 0.15) is 0 Å². The third-order valence-corrected chi connectivity index (χ3v) is 5.88. The van der Waals surface area contributed by atoms with Gasteiger partial charge in [0.25, 0.3) is 16.1 Å². The van der Waals surface area contributed by atoms with E-state index >= 15 is 0 Å². The van der Waals surface area contributed by atoms with Crippen molar-refractivity contribution in [1.82, 2.24) is 13.5 Å². The molecule has 0 bridgehead atoms. The summed E-state index contributed by atoms with van der Waals surface area (Å²) in [6.07, 6.45) is 0. The standard InChI is InChI=1S/C15H23N3O3S/c1-12-5-6-13(2)14(11-12)15(19)17-7-9-18(10-8-17)22(20,21)16(3)4/h5-6,11H,7-10H2,1-4H3. The Morgan fingerprint density at radius 2 is 1.68 bits per heavy atom. The van der Waals surface area contributed by atoms with Crippen LogP contribution >= 0.6 is 0 Å². The lowest BCUT2D eigenvalue weighted by Crippen LogP contribution is -2.53. The Morgan fingerprint density at radius 3 is 2.23 bits per heavy atom. The molecule has 1 fully saturated rings. The molecule has 2 rings (SSSR count). The molecule has 1 amide bonds. The van der Waals surface area contributed by atoms with Crippen molar-refractivity contribution in [3.63, 3.8) is 0 Å². The molecule has 1 aromatic carbocycles. The molecule has 1 saturated heterocycles. The van der Waals surface area contributed by atoms with E-state index in [1.54, 1.807) is 4.90 Å². The third kappa shape index (κ3) is 3.31. The number of aryl methyl sites for hydroxylation is 2. The molecule has 0 aromatic heterocycles. The minimum Gasteiger partial charge on any atom is -0.336 e. The van der Waals surface area contributed by atoms with E-state index in [1.165, 1.54) is 22.7 Å². The summed E-state index contributed by atoms with van der Waals surface area (Å²) in [6.45, 7) is 5.37. The molecule has 0 aliphatic carbocycles. The van der Waals surface area contributed by atoms with Crippen molar-refractivity contribution in [2.45, 2.75) is 13.8 Å². The van der Waals surface area contributed by atoms with Gasteiger partial charge in [-0.05, 0) is 25.5 Å². The molecule has 0 unspecified atom stereocenters. The SMILES string of the molecule is Cc1ccc(C)c(C(=O)N2CCN(S(=O)(=O)N(C)C)CC2)c1. The summed E-state index contributed by atoms with van der Waals surface area (Å²) < 4.78 is 26.8. The fourth-order valence-electron chi connectivity index (χ4n) is 2.49. The van der Waals surface area contributed by atoms with E-state index in [1.807, 2.05) is 32.0 Å². The van der Waals surface area contributed by atoms with E-state index in [2.05, 4.69) is 0 Å². The van der Waals surface area contributed by atoms with Gasteiger partial charge < -0.3 is 4.90 Å². The third-order valence-electron chi connectivity index (χ3n) is 3.94. The quantitative estimate of drug-likeness (QED) is 0.828. The minimum absolute atomic E-state index is 0.0249. The number of benzene rings is 1. The van der Waals surface area contributed by atoms with E-state index in [0.29, 0.717) is 31.7 Å². The van der Waals surface area contributed by atoms with Gasteiger partial charge in [-0.2, -0.15) is 17.0 Å². The van der Waals surface area contributed by atoms with Crippen LogP contribution in [0.1, 0.15) is 21.5 Å². The maximum atomic E-state index is 12.6. The molecule has 7 heteroatoms. The number of carbonyl (C=O) groups excluding carboxylic acids is 1. The molecule has 1 aliphatic heterocycles. The van der Waals surface area contributed by atoms with Crippen LogP contribution in [-0.4, -0.2) is 68.1 Å². The van der Waals surface area contributed by atoms with Gasteiger partial charge in [0.2, 0.25) is 0 Å². The Morgan fingerprint density at radius 1 is 1.09 bits per heavy atom. The summed E-state index contributed by atoms with van der Waals surface area (Å²) in [5, 5.41) is 0. The van der Waals surface area contributed by atoms with Crippen LogP contribution < -0.4 is 0 Å². The van der Waals surface area contributed by atoms with Crippen molar-refractivity contribution >= 4 is 16.1 Å². The maximum absolute atomic E-state index is 12.6. The Hall–Kier alpha value is -1.44. The maximum Gasteiger partial charge on any atom is 0.281 e. The molecule has 0 N–H and O–H groups in total. The van der Waals surface area contributed by atoms with E-state index in [-0.39, 0.29) is 5.91 Å². The van der Waals surface area contributed by atoms with Crippen LogP contribution in [0.25, 0.3) is 0 Å². The van der Waals surface area contributed by atoms with Crippen LogP contribution in [0.5, 0.6) is 0 Å². The number of rotatable bonds is 3. The van der Waals surface area contributed by atoms with Crippen molar-refractivity contribution in [2.24, 2.45) is 0 Å². The zero-order chi connectivity index (χ0) is 16.5. The van der Waals surface area contributed by atoms with Crippen molar-refractivity contribution in [3.05, 3.63) is 34.9 Å². The summed E-state index contributed by atoms with van der Waals surface area (Å²) in [7, 11) is -0.366. The number of hydrogen-bond acceptors (Lipinski definition) is 3. The van der Waals surface area contributed by atoms with Gasteiger partial charge in [-0.1, -0.05) is 17.7 Å². The van der Waals surface area contributed by atoms with Crippen LogP contribution in [0.3, 0.4) is 0 Å². The molecule has 1 aromatic rings. The summed E-state index contributed by atoms with van der Waals surface area (Å²) in [5.74, 6) is -0.0249. The van der Waals surface area contributed by atoms with Gasteiger partial charge >= 0.3 is 0 Å². The Kier molecular flexibility index (Phi) is 4.89. The normalized spacial score (nSPS) is 17.0. The summed E-state index contributed by atoms with van der Waals surface area (Å²) >= 11 is 0. The molecular formula is C15H23N3O3S. The number of piperazine rings is 1. The second-order valence-electron chi connectivity index (χ2n) is 5.80. The summed E-state index contributed by atoms with van der Waals surface area (Å²) in [4.78, 5) is 14.3. The van der Waals surface area contributed by atoms with Crippen molar-refractivity contribution in [3.8, 4) is 0 Å². The summed E-state index contributed by atoms with van der Waals surface area (Å²) in [5.41, 5.74) is 2.69. The van der Waals surface area contributed by atoms with Crippen LogP contribution in [0.15, 0.2) is 18.2 Å². The molecule has 1 aliphatic rings. The zero-order valence-corrected chi connectivity index (χ0v) is 14.4. The van der Waals surface area contributed by atoms with Crippen LogP contribution in [-0.2, 0) is 10.2 Å². The highest BCUT2D eigenvalue weighted by atomic mass is 32.2. The molecule has 6 nitrogen and oxygen atoms in total. The average molecular weight is 325 g/mol. The van der Waals surface area contributed by atoms with Crippen LogP contribution in [0, 0.1) is 13.8 Å². The highest BCUT2D eigenvalue weighted by Crippen LogP contribution is 2.16. The highest BCUT2D eigenvalue weighted by molar-refractivity contribution is 7.86. The number of hydrogen-bond donors (Lipinski definition) is 0. The Balaban J connectivity index is 2.09. The average Bonchev–Trinajstić information content (AvgIpc) is 2.49. The number of carbonyl (C=O) groups is 1. The fourth-order valence-corrected chi connectivity index (χ4v) is 3.58. The van der Waals surface area contributed by atoms with Crippen LogP contribution in [0.4, 0.5) is 0 Å². The Labute approximate surface area is 132 Å². The Bertz CT molecular complexity index is 663. The van der Waals surface area contributed by atoms with E-state index in [0.717, 1.165) is 11.1 Å². The molecule has 0 saturated carbocycles. The molecule has 0 radical (unpaired) electrons. The number of amides is 1. The van der Waals surface area contributed by atoms with Crippen molar-refractivity contribution < 1.29 is 13.2 Å². The highest BCUT2D eigenvalue weighted by Gasteiger charge is 2.30. The molecule has 1 heterocycles. The fraction of sp³-hybridized carbons (Fsp3) is 0.533. The first-order valence-corrected chi connectivity index (χ1v) is 8.67. The lowest BCUT2D eigenvalue weighted by Gasteiger charge is -2.35. The first-order chi connectivity index (χ1) is 10.2. The topological polar surface area (TPSA) is 60.9 Å². The predicted molar refractivity (Wildman–Crippen MR) is 86.0 cm³/mol. The van der Waals surface area contributed by atoms with Gasteiger partial charge in [-0.25, -0.2) is 0 Å².